The number of nitrogens with one attached hydrogen (secondary N) is 2. The first-order chi connectivity index (χ1) is 12.7. The van der Waals surface area contributed by atoms with E-state index in [9.17, 15) is 4.79 Å². The highest BCUT2D eigenvalue weighted by atomic mass is 16.1. The van der Waals surface area contributed by atoms with Crippen LogP contribution in [0.3, 0.4) is 0 Å². The van der Waals surface area contributed by atoms with Crippen LogP contribution < -0.4 is 10.6 Å². The van der Waals surface area contributed by atoms with E-state index in [1.807, 2.05) is 22.9 Å². The summed E-state index contributed by atoms with van der Waals surface area (Å²) in [5, 5.41) is 9.85. The van der Waals surface area contributed by atoms with Crippen LogP contribution in [-0.2, 0) is 0 Å². The summed E-state index contributed by atoms with van der Waals surface area (Å²) in [6.45, 7) is 1.50. The molecule has 4 aromatic heterocycles. The van der Waals surface area contributed by atoms with Crippen LogP contribution in [0.4, 0.5) is 5.82 Å². The smallest absolute Gasteiger partial charge is 0.326 e. The fraction of sp³-hybridized carbons (Fsp3) is 0.222. The molecule has 0 unspecified atom stereocenters. The number of hydrogen-bond acceptors (Lipinski definition) is 5. The van der Waals surface area contributed by atoms with E-state index >= 15 is 0 Å². The zero-order chi connectivity index (χ0) is 17.7. The summed E-state index contributed by atoms with van der Waals surface area (Å²) in [5.41, 5.74) is 2.83. The maximum absolute atomic E-state index is 12.6. The van der Waals surface area contributed by atoms with Crippen molar-refractivity contribution in [1.82, 2.24) is 24.5 Å². The van der Waals surface area contributed by atoms with Crippen LogP contribution in [0, 0.1) is 11.3 Å². The third-order valence-corrected chi connectivity index (χ3v) is 4.99. The number of nitriles is 1. The molecule has 1 aliphatic rings. The normalized spacial score (nSPS) is 17.2. The van der Waals surface area contributed by atoms with Crippen molar-refractivity contribution in [3.63, 3.8) is 0 Å². The molecule has 2 N–H and O–H groups in total. The molecular formula is C18H15N7O. The molecule has 0 bridgehead atoms. The number of anilines is 1. The number of pyridine rings is 2. The van der Waals surface area contributed by atoms with Crippen LogP contribution in [0.15, 0.2) is 41.6 Å². The van der Waals surface area contributed by atoms with Gasteiger partial charge in [-0.05, 0) is 24.6 Å². The van der Waals surface area contributed by atoms with E-state index in [1.165, 1.54) is 0 Å². The molecule has 1 aliphatic heterocycles. The lowest BCUT2D eigenvalue weighted by Crippen LogP contribution is -2.26. The van der Waals surface area contributed by atoms with E-state index in [2.05, 4.69) is 30.9 Å². The van der Waals surface area contributed by atoms with E-state index in [0.717, 1.165) is 40.9 Å². The molecule has 0 aliphatic carbocycles. The Balaban J connectivity index is 1.54. The first kappa shape index (κ1) is 14.7. The van der Waals surface area contributed by atoms with Gasteiger partial charge in [0.15, 0.2) is 0 Å². The molecule has 0 saturated carbocycles. The summed E-state index contributed by atoms with van der Waals surface area (Å²) >= 11 is 0. The minimum absolute atomic E-state index is 0.0502. The highest BCUT2D eigenvalue weighted by Gasteiger charge is 2.28. The maximum Gasteiger partial charge on any atom is 0.326 e. The molecule has 0 radical (unpaired) electrons. The lowest BCUT2D eigenvalue weighted by Gasteiger charge is -2.18. The number of hydrogen-bond donors (Lipinski definition) is 2. The minimum atomic E-state index is -0.116. The second kappa shape index (κ2) is 5.46. The Morgan fingerprint density at radius 1 is 1.23 bits per heavy atom. The molecule has 1 saturated heterocycles. The van der Waals surface area contributed by atoms with Crippen LogP contribution in [0.2, 0.25) is 0 Å². The predicted molar refractivity (Wildman–Crippen MR) is 97.0 cm³/mol. The molecule has 0 aromatic carbocycles. The van der Waals surface area contributed by atoms with Gasteiger partial charge in [-0.1, -0.05) is 0 Å². The number of nitrogens with zero attached hydrogens (tertiary/aromatic N) is 5. The molecule has 5 heterocycles. The summed E-state index contributed by atoms with van der Waals surface area (Å²) in [6, 6.07) is 7.70. The fourth-order valence-electron chi connectivity index (χ4n) is 3.77. The molecule has 4 aromatic rings. The van der Waals surface area contributed by atoms with Crippen molar-refractivity contribution < 1.29 is 0 Å². The van der Waals surface area contributed by atoms with E-state index < -0.39 is 0 Å². The first-order valence-corrected chi connectivity index (χ1v) is 8.42. The van der Waals surface area contributed by atoms with E-state index in [4.69, 9.17) is 5.26 Å². The summed E-state index contributed by atoms with van der Waals surface area (Å²) in [7, 11) is 0. The second-order valence-corrected chi connectivity index (χ2v) is 6.47. The number of aromatic amines is 2. The minimum Gasteiger partial charge on any atom is -0.354 e. The van der Waals surface area contributed by atoms with E-state index in [0.29, 0.717) is 12.1 Å². The summed E-state index contributed by atoms with van der Waals surface area (Å²) in [6.07, 6.45) is 5.96. The number of aromatic nitrogens is 5. The van der Waals surface area contributed by atoms with Gasteiger partial charge in [-0.3, -0.25) is 4.57 Å². The molecule has 1 atom stereocenters. The monoisotopic (exact) mass is 345 g/mol. The molecule has 0 spiro atoms. The molecule has 26 heavy (non-hydrogen) atoms. The third-order valence-electron chi connectivity index (χ3n) is 4.99. The molecule has 5 rings (SSSR count). The fourth-order valence-corrected chi connectivity index (χ4v) is 3.77. The van der Waals surface area contributed by atoms with Gasteiger partial charge in [0.05, 0.1) is 28.8 Å². The van der Waals surface area contributed by atoms with Gasteiger partial charge in [-0.2, -0.15) is 5.26 Å². The zero-order valence-electron chi connectivity index (χ0n) is 13.8. The van der Waals surface area contributed by atoms with Crippen LogP contribution in [0.5, 0.6) is 0 Å². The van der Waals surface area contributed by atoms with Crippen molar-refractivity contribution in [2.45, 2.75) is 12.5 Å². The summed E-state index contributed by atoms with van der Waals surface area (Å²) in [4.78, 5) is 29.5. The van der Waals surface area contributed by atoms with Crippen LogP contribution in [0.25, 0.3) is 22.1 Å². The molecule has 8 heteroatoms. The summed E-state index contributed by atoms with van der Waals surface area (Å²) in [5.74, 6) is 0.827. The van der Waals surface area contributed by atoms with E-state index in [-0.39, 0.29) is 11.7 Å². The standard InChI is InChI=1S/C18H15N7O/c19-7-11-1-2-15(21-8-11)24-6-4-12(10-24)25-16-13-3-5-20-17(13)22-9-14(16)23-18(25)26/h1-3,5,8-9,12H,4,6,10H2,(H,20,22)(H,23,26)/t12-/m0/s1. The first-order valence-electron chi connectivity index (χ1n) is 8.42. The average molecular weight is 345 g/mol. The lowest BCUT2D eigenvalue weighted by molar-refractivity contribution is 0.551. The van der Waals surface area contributed by atoms with Crippen molar-refractivity contribution in [1.29, 1.82) is 5.26 Å². The van der Waals surface area contributed by atoms with Gasteiger partial charge >= 0.3 is 5.69 Å². The summed E-state index contributed by atoms with van der Waals surface area (Å²) < 4.78 is 1.84. The molecule has 0 amide bonds. The Kier molecular flexibility index (Phi) is 3.09. The Bertz CT molecular complexity index is 1210. The van der Waals surface area contributed by atoms with Gasteiger partial charge in [0, 0.05) is 30.9 Å². The Morgan fingerprint density at radius 2 is 2.15 bits per heavy atom. The molecule has 8 nitrogen and oxygen atoms in total. The number of imidazole rings is 1. The van der Waals surface area contributed by atoms with Crippen LogP contribution in [-0.4, -0.2) is 37.6 Å². The van der Waals surface area contributed by atoms with Crippen molar-refractivity contribution in [3.05, 3.63) is 52.8 Å². The number of rotatable bonds is 2. The average Bonchev–Trinajstić information content (AvgIpc) is 3.38. The number of H-pyrrole nitrogens is 2. The van der Waals surface area contributed by atoms with Crippen LogP contribution >= 0.6 is 0 Å². The van der Waals surface area contributed by atoms with Gasteiger partial charge in [0.1, 0.15) is 17.5 Å². The van der Waals surface area contributed by atoms with Gasteiger partial charge < -0.3 is 14.9 Å². The maximum atomic E-state index is 12.6. The largest absolute Gasteiger partial charge is 0.354 e. The molecule has 128 valence electrons. The lowest BCUT2D eigenvalue weighted by atomic mass is 10.2. The molecule has 1 fully saturated rings. The zero-order valence-corrected chi connectivity index (χ0v) is 13.8. The Hall–Kier alpha value is -3.60. The Morgan fingerprint density at radius 3 is 2.96 bits per heavy atom. The highest BCUT2D eigenvalue weighted by Crippen LogP contribution is 2.29. The van der Waals surface area contributed by atoms with Gasteiger partial charge in [-0.15, -0.1) is 0 Å². The van der Waals surface area contributed by atoms with Gasteiger partial charge in [-0.25, -0.2) is 14.8 Å². The number of fused-ring (bicyclic) bond motifs is 3. The van der Waals surface area contributed by atoms with Crippen molar-refractivity contribution >= 4 is 27.9 Å². The van der Waals surface area contributed by atoms with Crippen molar-refractivity contribution in [2.75, 3.05) is 18.0 Å². The SMILES string of the molecule is N#Cc1ccc(N2CC[C@H](n3c(=O)[nH]c4cnc5[nH]ccc5c43)C2)nc1. The second-order valence-electron chi connectivity index (χ2n) is 6.47. The predicted octanol–water partition coefficient (Wildman–Crippen LogP) is 1.92. The van der Waals surface area contributed by atoms with Crippen molar-refractivity contribution in [2.24, 2.45) is 0 Å². The quantitative estimate of drug-likeness (QED) is 0.577. The van der Waals surface area contributed by atoms with E-state index in [1.54, 1.807) is 18.5 Å². The third kappa shape index (κ3) is 2.10. The van der Waals surface area contributed by atoms with Gasteiger partial charge in [0.25, 0.3) is 0 Å². The van der Waals surface area contributed by atoms with Gasteiger partial charge in [0.2, 0.25) is 0 Å². The van der Waals surface area contributed by atoms with Crippen LogP contribution in [0.1, 0.15) is 18.0 Å². The van der Waals surface area contributed by atoms with Crippen molar-refractivity contribution in [3.8, 4) is 6.07 Å². The highest BCUT2D eigenvalue weighted by molar-refractivity contribution is 6.00. The Labute approximate surface area is 147 Å². The topological polar surface area (TPSA) is 106 Å². The molecular weight excluding hydrogens is 330 g/mol.